The van der Waals surface area contributed by atoms with Gasteiger partial charge in [-0.05, 0) is 86.8 Å². The summed E-state index contributed by atoms with van der Waals surface area (Å²) in [5.74, 6) is 0. The largest absolute Gasteiger partial charge is 0.488 e. The molecule has 3 aromatic carbocycles. The Morgan fingerprint density at radius 3 is 1.25 bits per heavy atom. The molecule has 0 aliphatic carbocycles. The molecule has 2 unspecified atom stereocenters. The highest BCUT2D eigenvalue weighted by atomic mass is 16.7. The van der Waals surface area contributed by atoms with Gasteiger partial charge >= 0.3 is 21.4 Å². The fourth-order valence-electron chi connectivity index (χ4n) is 6.36. The van der Waals surface area contributed by atoms with E-state index in [9.17, 15) is 4.79 Å². The van der Waals surface area contributed by atoms with Crippen molar-refractivity contribution in [3.63, 3.8) is 0 Å². The lowest BCUT2D eigenvalue weighted by atomic mass is 9.79. The summed E-state index contributed by atoms with van der Waals surface area (Å²) in [5, 5.41) is 62.1. The topological polar surface area (TPSA) is 182 Å². The Labute approximate surface area is 353 Å². The van der Waals surface area contributed by atoms with Crippen molar-refractivity contribution < 1.29 is 44.6 Å². The summed E-state index contributed by atoms with van der Waals surface area (Å²) in [6.45, 7) is 16.7. The van der Waals surface area contributed by atoms with Crippen LogP contribution < -0.4 is 16.4 Å². The minimum atomic E-state index is -1.46. The van der Waals surface area contributed by atoms with Gasteiger partial charge in [0.15, 0.2) is 0 Å². The van der Waals surface area contributed by atoms with Crippen molar-refractivity contribution in [1.29, 1.82) is 0 Å². The van der Waals surface area contributed by atoms with E-state index in [4.69, 9.17) is 39.8 Å². The van der Waals surface area contributed by atoms with Crippen LogP contribution >= 0.6 is 0 Å². The van der Waals surface area contributed by atoms with E-state index in [1.165, 1.54) is 81.2 Å². The monoisotopic (exact) mass is 813 g/mol. The number of carbonyl (C=O) groups is 1. The van der Waals surface area contributed by atoms with Crippen molar-refractivity contribution in [2.75, 3.05) is 0 Å². The van der Waals surface area contributed by atoms with E-state index in [0.717, 1.165) is 61.1 Å². The van der Waals surface area contributed by atoms with Gasteiger partial charge in [0.05, 0.1) is 11.4 Å². The number of allylic oxidation sites excluding steroid dienone is 1. The van der Waals surface area contributed by atoms with Gasteiger partial charge in [-0.25, -0.2) is 0 Å². The van der Waals surface area contributed by atoms with Crippen molar-refractivity contribution in [2.45, 2.75) is 143 Å². The lowest BCUT2D eigenvalue weighted by molar-refractivity contribution is -0.0117. The summed E-state index contributed by atoms with van der Waals surface area (Å²) in [4.78, 5) is 21.4. The molecule has 2 aliphatic heterocycles. The average Bonchev–Trinajstić information content (AvgIpc) is 3.81. The van der Waals surface area contributed by atoms with E-state index < -0.39 is 21.4 Å². The van der Waals surface area contributed by atoms with Crippen LogP contribution in [-0.2, 0) is 9.68 Å². The molecule has 0 spiro atoms. The molecule has 320 valence electrons. The van der Waals surface area contributed by atoms with Gasteiger partial charge in [0.1, 0.15) is 17.5 Å². The SMILES string of the molecule is C=C(C)CCCCC.CCCCCC1(C)CC(c2ccc(B(O)O)cc2)=NO1.CCCCCC1(C)CC(c2ccc(B(O)O)cc2)=NO1.O=Cc1ccc(B(O)O)cc1. The van der Waals surface area contributed by atoms with E-state index in [0.29, 0.717) is 28.2 Å². The molecule has 0 saturated heterocycles. The Morgan fingerprint density at radius 1 is 0.610 bits per heavy atom. The van der Waals surface area contributed by atoms with Crippen LogP contribution in [0.2, 0.25) is 0 Å². The number of nitrogens with zero attached hydrogens (tertiary/aromatic N) is 2. The van der Waals surface area contributed by atoms with Gasteiger partial charge in [0, 0.05) is 18.4 Å². The second kappa shape index (κ2) is 26.9. The highest BCUT2D eigenvalue weighted by molar-refractivity contribution is 6.59. The normalized spacial score (nSPS) is 17.6. The summed E-state index contributed by atoms with van der Waals surface area (Å²) in [6, 6.07) is 20.3. The Morgan fingerprint density at radius 2 is 0.949 bits per heavy atom. The predicted molar refractivity (Wildman–Crippen MR) is 243 cm³/mol. The molecule has 0 aromatic heterocycles. The molecule has 2 heterocycles. The Bertz CT molecular complexity index is 1630. The molecule has 0 bridgehead atoms. The molecule has 0 saturated carbocycles. The third-order valence-corrected chi connectivity index (χ3v) is 10.1. The van der Waals surface area contributed by atoms with Gasteiger partial charge in [-0.1, -0.05) is 148 Å². The van der Waals surface area contributed by atoms with Crippen LogP contribution in [0.25, 0.3) is 0 Å². The van der Waals surface area contributed by atoms with Gasteiger partial charge in [0.2, 0.25) is 0 Å². The quantitative estimate of drug-likeness (QED) is 0.0390. The molecule has 0 amide bonds. The number of rotatable bonds is 18. The van der Waals surface area contributed by atoms with E-state index in [-0.39, 0.29) is 11.2 Å². The number of hydrogen-bond acceptors (Lipinski definition) is 11. The van der Waals surface area contributed by atoms with Gasteiger partial charge < -0.3 is 39.8 Å². The Hall–Kier alpha value is -4.04. The third-order valence-electron chi connectivity index (χ3n) is 10.1. The van der Waals surface area contributed by atoms with Crippen molar-refractivity contribution in [1.82, 2.24) is 0 Å². The van der Waals surface area contributed by atoms with Crippen molar-refractivity contribution in [3.8, 4) is 0 Å². The summed E-state index contributed by atoms with van der Waals surface area (Å²) in [5.41, 5.74) is 6.63. The Balaban J connectivity index is 0.000000289. The first-order chi connectivity index (χ1) is 28.1. The van der Waals surface area contributed by atoms with Crippen LogP contribution in [0.15, 0.2) is 95.3 Å². The highest BCUT2D eigenvalue weighted by Gasteiger charge is 2.35. The predicted octanol–water partition coefficient (Wildman–Crippen LogP) is 5.98. The Kier molecular flexibility index (Phi) is 23.3. The maximum atomic E-state index is 10.2. The standard InChI is InChI=1S/2C15H22BNO3.C8H16.C7H7BO3/c2*1-3-4-5-10-15(2)11-14(17-20-15)12-6-8-13(9-7-12)16(18)19;1-4-5-6-7-8(2)3;9-5-6-1-3-7(4-2-6)8(10)11/h2*6-9,18-19H,3-5,10-11H2,1-2H3;2,4-7H2,1,3H3;1-5,10-11H. The van der Waals surface area contributed by atoms with Gasteiger partial charge in [-0.3, -0.25) is 4.79 Å². The van der Waals surface area contributed by atoms with Crippen LogP contribution in [-0.4, -0.2) is 80.4 Å². The van der Waals surface area contributed by atoms with Gasteiger partial charge in [-0.15, -0.1) is 6.58 Å². The van der Waals surface area contributed by atoms with Crippen molar-refractivity contribution in [3.05, 3.63) is 102 Å². The maximum Gasteiger partial charge on any atom is 0.488 e. The molecule has 0 fully saturated rings. The number of hydrogen-bond donors (Lipinski definition) is 6. The number of aldehydes is 1. The zero-order chi connectivity index (χ0) is 43.8. The van der Waals surface area contributed by atoms with Gasteiger partial charge in [-0.2, -0.15) is 0 Å². The third kappa shape index (κ3) is 19.3. The molecule has 11 nitrogen and oxygen atoms in total. The fourth-order valence-corrected chi connectivity index (χ4v) is 6.36. The molecule has 6 N–H and O–H groups in total. The molecule has 5 rings (SSSR count). The zero-order valence-electron chi connectivity index (χ0n) is 36.1. The van der Waals surface area contributed by atoms with Gasteiger partial charge in [0.25, 0.3) is 0 Å². The second-order valence-electron chi connectivity index (χ2n) is 16.0. The van der Waals surface area contributed by atoms with Crippen molar-refractivity contribution >= 4 is 55.5 Å². The number of oxime groups is 2. The molecule has 14 heteroatoms. The average molecular weight is 812 g/mol. The summed E-state index contributed by atoms with van der Waals surface area (Å²) >= 11 is 0. The number of unbranched alkanes of at least 4 members (excludes halogenated alkanes) is 6. The number of carbonyl (C=O) groups excluding carboxylic acids is 1. The minimum Gasteiger partial charge on any atom is -0.423 e. The molecule has 0 radical (unpaired) electrons. The highest BCUT2D eigenvalue weighted by Crippen LogP contribution is 2.32. The lowest BCUT2D eigenvalue weighted by Crippen LogP contribution is -2.29. The molecule has 3 aromatic rings. The van der Waals surface area contributed by atoms with E-state index in [1.807, 2.05) is 24.3 Å². The molecule has 2 aliphatic rings. The molecular formula is C45H67B3N2O9. The van der Waals surface area contributed by atoms with Crippen LogP contribution in [0.3, 0.4) is 0 Å². The zero-order valence-corrected chi connectivity index (χ0v) is 36.1. The summed E-state index contributed by atoms with van der Waals surface area (Å²) in [7, 11) is -4.31. The minimum absolute atomic E-state index is 0.195. The van der Waals surface area contributed by atoms with E-state index in [2.05, 4.69) is 58.4 Å². The van der Waals surface area contributed by atoms with Crippen LogP contribution in [0, 0.1) is 0 Å². The fraction of sp³-hybridized carbons (Fsp3) is 0.489. The lowest BCUT2D eigenvalue weighted by Gasteiger charge is -2.21. The summed E-state index contributed by atoms with van der Waals surface area (Å²) in [6.07, 6.45) is 16.7. The van der Waals surface area contributed by atoms with Crippen molar-refractivity contribution in [2.24, 2.45) is 10.3 Å². The maximum absolute atomic E-state index is 10.2. The smallest absolute Gasteiger partial charge is 0.423 e. The van der Waals surface area contributed by atoms with E-state index in [1.54, 1.807) is 24.3 Å². The first-order valence-electron chi connectivity index (χ1n) is 21.1. The molecular weight excluding hydrogens is 745 g/mol. The van der Waals surface area contributed by atoms with Crippen LogP contribution in [0.1, 0.15) is 153 Å². The van der Waals surface area contributed by atoms with E-state index >= 15 is 0 Å². The molecule has 59 heavy (non-hydrogen) atoms. The first kappa shape index (κ1) is 51.1. The summed E-state index contributed by atoms with van der Waals surface area (Å²) < 4.78 is 0. The number of benzene rings is 3. The first-order valence-corrected chi connectivity index (χ1v) is 21.1. The second-order valence-corrected chi connectivity index (χ2v) is 16.0. The molecule has 2 atom stereocenters. The van der Waals surface area contributed by atoms with Crippen LogP contribution in [0.4, 0.5) is 0 Å². The van der Waals surface area contributed by atoms with Crippen LogP contribution in [0.5, 0.6) is 0 Å².